The third kappa shape index (κ3) is 2.92. The van der Waals surface area contributed by atoms with Crippen molar-refractivity contribution in [2.24, 2.45) is 0 Å². The highest BCUT2D eigenvalue weighted by Crippen LogP contribution is 2.37. The number of ether oxygens (including phenoxy) is 1. The van der Waals surface area contributed by atoms with Crippen LogP contribution in [0.3, 0.4) is 0 Å². The average molecular weight is 371 g/mol. The van der Waals surface area contributed by atoms with Gasteiger partial charge in [-0.05, 0) is 44.0 Å². The van der Waals surface area contributed by atoms with Gasteiger partial charge < -0.3 is 15.0 Å². The summed E-state index contributed by atoms with van der Waals surface area (Å²) in [4.78, 5) is 26.9. The van der Waals surface area contributed by atoms with Crippen molar-refractivity contribution in [1.82, 2.24) is 0 Å². The highest BCUT2D eigenvalue weighted by atomic mass is 35.5. The van der Waals surface area contributed by atoms with Crippen molar-refractivity contribution in [3.05, 3.63) is 58.6 Å². The van der Waals surface area contributed by atoms with Gasteiger partial charge in [-0.25, -0.2) is 4.79 Å². The first-order valence-corrected chi connectivity index (χ1v) is 9.09. The average Bonchev–Trinajstić information content (AvgIpc) is 3.12. The van der Waals surface area contributed by atoms with Crippen LogP contribution >= 0.6 is 11.6 Å². The molecule has 2 aliphatic heterocycles. The number of benzene rings is 2. The van der Waals surface area contributed by atoms with E-state index in [1.165, 1.54) is 0 Å². The fourth-order valence-electron chi connectivity index (χ4n) is 3.65. The minimum Gasteiger partial charge on any atom is -0.454 e. The van der Waals surface area contributed by atoms with E-state index in [1.54, 1.807) is 25.1 Å². The Bertz CT molecular complexity index is 883. The van der Waals surface area contributed by atoms with Crippen molar-refractivity contribution in [1.29, 1.82) is 0 Å². The van der Waals surface area contributed by atoms with Gasteiger partial charge in [-0.1, -0.05) is 29.8 Å². The van der Waals surface area contributed by atoms with Crippen molar-refractivity contribution < 1.29 is 14.3 Å². The number of esters is 1. The number of fused-ring (bicyclic) bond motifs is 3. The normalized spacial score (nSPS) is 19.4. The van der Waals surface area contributed by atoms with Gasteiger partial charge in [0.1, 0.15) is 12.1 Å². The molecule has 1 amide bonds. The van der Waals surface area contributed by atoms with E-state index in [9.17, 15) is 9.59 Å². The molecular formula is C20H19ClN2O3. The summed E-state index contributed by atoms with van der Waals surface area (Å²) in [5.41, 5.74) is 2.78. The molecule has 0 aliphatic carbocycles. The second-order valence-electron chi connectivity index (χ2n) is 6.64. The quantitative estimate of drug-likeness (QED) is 0.823. The summed E-state index contributed by atoms with van der Waals surface area (Å²) in [6.07, 6.45) is 1.39. The van der Waals surface area contributed by atoms with Gasteiger partial charge in [-0.15, -0.1) is 0 Å². The molecule has 134 valence electrons. The molecule has 5 nitrogen and oxygen atoms in total. The minimum absolute atomic E-state index is 0.00930. The van der Waals surface area contributed by atoms with Crippen LogP contribution in [0.1, 0.15) is 41.8 Å². The lowest BCUT2D eigenvalue weighted by molar-refractivity contribution is -0.117. The van der Waals surface area contributed by atoms with Gasteiger partial charge in [-0.2, -0.15) is 0 Å². The number of hydrogen-bond donors (Lipinski definition) is 1. The Morgan fingerprint density at radius 2 is 2.12 bits per heavy atom. The molecular weight excluding hydrogens is 352 g/mol. The number of rotatable bonds is 3. The first-order chi connectivity index (χ1) is 12.5. The van der Waals surface area contributed by atoms with Crippen LogP contribution in [0.25, 0.3) is 0 Å². The van der Waals surface area contributed by atoms with E-state index < -0.39 is 12.1 Å². The SMILES string of the molecule is C[C@H](OC(=O)c1ccc2c(c1)NC(=O)[C@H]1CCCN21)c1ccccc1Cl. The Morgan fingerprint density at radius 1 is 1.31 bits per heavy atom. The van der Waals surface area contributed by atoms with Crippen LogP contribution < -0.4 is 10.2 Å². The summed E-state index contributed by atoms with van der Waals surface area (Å²) in [5.74, 6) is -0.456. The van der Waals surface area contributed by atoms with Crippen molar-refractivity contribution in [3.63, 3.8) is 0 Å². The van der Waals surface area contributed by atoms with Gasteiger partial charge in [0.25, 0.3) is 0 Å². The number of amides is 1. The summed E-state index contributed by atoms with van der Waals surface area (Å²) in [5, 5.41) is 3.47. The zero-order valence-corrected chi connectivity index (χ0v) is 15.1. The molecule has 0 bridgehead atoms. The molecule has 2 aromatic carbocycles. The second-order valence-corrected chi connectivity index (χ2v) is 7.05. The van der Waals surface area contributed by atoms with Crippen molar-refractivity contribution in [2.75, 3.05) is 16.8 Å². The Hall–Kier alpha value is -2.53. The first-order valence-electron chi connectivity index (χ1n) is 8.71. The molecule has 6 heteroatoms. The molecule has 1 fully saturated rings. The number of halogens is 1. The van der Waals surface area contributed by atoms with Crippen LogP contribution in [0.4, 0.5) is 11.4 Å². The van der Waals surface area contributed by atoms with E-state index in [-0.39, 0.29) is 11.9 Å². The van der Waals surface area contributed by atoms with Crippen LogP contribution in [0.5, 0.6) is 0 Å². The van der Waals surface area contributed by atoms with Gasteiger partial charge in [0, 0.05) is 17.1 Å². The van der Waals surface area contributed by atoms with E-state index >= 15 is 0 Å². The van der Waals surface area contributed by atoms with E-state index in [1.807, 2.05) is 24.3 Å². The molecule has 0 spiro atoms. The number of nitrogens with zero attached hydrogens (tertiary/aromatic N) is 1. The van der Waals surface area contributed by atoms with Gasteiger partial charge in [0.15, 0.2) is 0 Å². The number of carbonyl (C=O) groups excluding carboxylic acids is 2. The van der Waals surface area contributed by atoms with Gasteiger partial charge >= 0.3 is 5.97 Å². The molecule has 4 rings (SSSR count). The fraction of sp³-hybridized carbons (Fsp3) is 0.300. The third-order valence-electron chi connectivity index (χ3n) is 4.98. The lowest BCUT2D eigenvalue weighted by atomic mass is 10.1. The second kappa shape index (κ2) is 6.65. The molecule has 0 saturated carbocycles. The summed E-state index contributed by atoms with van der Waals surface area (Å²) in [6.45, 7) is 2.65. The van der Waals surface area contributed by atoms with Gasteiger partial charge in [0.05, 0.1) is 16.9 Å². The van der Waals surface area contributed by atoms with Crippen LogP contribution in [0.2, 0.25) is 5.02 Å². The van der Waals surface area contributed by atoms with Gasteiger partial charge in [-0.3, -0.25) is 4.79 Å². The number of carbonyl (C=O) groups is 2. The predicted molar refractivity (Wildman–Crippen MR) is 101 cm³/mol. The molecule has 1 N–H and O–H groups in total. The molecule has 1 saturated heterocycles. The molecule has 0 aromatic heterocycles. The monoisotopic (exact) mass is 370 g/mol. The van der Waals surface area contributed by atoms with Crippen LogP contribution in [-0.2, 0) is 9.53 Å². The zero-order valence-electron chi connectivity index (χ0n) is 14.4. The topological polar surface area (TPSA) is 58.6 Å². The zero-order chi connectivity index (χ0) is 18.3. The third-order valence-corrected chi connectivity index (χ3v) is 5.33. The maximum atomic E-state index is 12.5. The maximum absolute atomic E-state index is 12.5. The van der Waals surface area contributed by atoms with E-state index in [2.05, 4.69) is 10.2 Å². The largest absolute Gasteiger partial charge is 0.454 e. The number of anilines is 2. The minimum atomic E-state index is -0.468. The highest BCUT2D eigenvalue weighted by molar-refractivity contribution is 6.31. The summed E-state index contributed by atoms with van der Waals surface area (Å²) >= 11 is 6.17. The van der Waals surface area contributed by atoms with Gasteiger partial charge in [0.2, 0.25) is 5.91 Å². The molecule has 0 unspecified atom stereocenters. The predicted octanol–water partition coefficient (Wildman–Crippen LogP) is 4.18. The Morgan fingerprint density at radius 3 is 2.92 bits per heavy atom. The molecule has 26 heavy (non-hydrogen) atoms. The van der Waals surface area contributed by atoms with Crippen molar-refractivity contribution in [2.45, 2.75) is 31.9 Å². The number of nitrogens with one attached hydrogen (secondary N) is 1. The van der Waals surface area contributed by atoms with E-state index in [0.29, 0.717) is 16.3 Å². The lowest BCUT2D eigenvalue weighted by Crippen LogP contribution is -2.43. The molecule has 2 aliphatic rings. The summed E-state index contributed by atoms with van der Waals surface area (Å²) < 4.78 is 5.56. The lowest BCUT2D eigenvalue weighted by Gasteiger charge is -2.33. The van der Waals surface area contributed by atoms with Crippen LogP contribution in [0, 0.1) is 0 Å². The molecule has 0 radical (unpaired) electrons. The first kappa shape index (κ1) is 16.9. The van der Waals surface area contributed by atoms with Crippen LogP contribution in [0.15, 0.2) is 42.5 Å². The van der Waals surface area contributed by atoms with Crippen molar-refractivity contribution in [3.8, 4) is 0 Å². The van der Waals surface area contributed by atoms with Crippen molar-refractivity contribution >= 4 is 34.9 Å². The summed E-state index contributed by atoms with van der Waals surface area (Å²) in [7, 11) is 0. The standard InChI is InChI=1S/C20H19ClN2O3/c1-12(14-5-2-3-6-15(14)21)26-20(25)13-8-9-17-16(11-13)22-19(24)18-7-4-10-23(17)18/h2-3,5-6,8-9,11-12,18H,4,7,10H2,1H3,(H,22,24)/t12-,18+/m0/s1. The fourth-order valence-corrected chi connectivity index (χ4v) is 3.94. The van der Waals surface area contributed by atoms with Crippen LogP contribution in [-0.4, -0.2) is 24.5 Å². The van der Waals surface area contributed by atoms with E-state index in [4.69, 9.17) is 16.3 Å². The maximum Gasteiger partial charge on any atom is 0.338 e. The summed E-state index contributed by atoms with van der Waals surface area (Å²) in [6, 6.07) is 12.5. The molecule has 2 atom stereocenters. The highest BCUT2D eigenvalue weighted by Gasteiger charge is 2.36. The Balaban J connectivity index is 1.55. The smallest absolute Gasteiger partial charge is 0.338 e. The molecule has 2 heterocycles. The Labute approximate surface area is 156 Å². The van der Waals surface area contributed by atoms with E-state index in [0.717, 1.165) is 30.6 Å². The number of hydrogen-bond acceptors (Lipinski definition) is 4. The Kier molecular flexibility index (Phi) is 4.32. The molecule has 2 aromatic rings.